The molecule has 2 aromatic carbocycles. The van der Waals surface area contributed by atoms with Gasteiger partial charge in [-0.1, -0.05) is 12.1 Å². The minimum Gasteiger partial charge on any atom is -0.451 e. The standard InChI is InChI=1S/C18H14F4N2O4S/c1-10(15-23-13-4-2-3-5-14(13)24(15)17(19)20)28-16(25)11-6-8-12(9-7-11)29(26,27)18(21)22/h2-10,17-18H,1H3. The predicted octanol–water partition coefficient (Wildman–Crippen LogP) is 4.35. The van der Waals surface area contributed by atoms with Crippen molar-refractivity contribution in [3.05, 3.63) is 59.9 Å². The van der Waals surface area contributed by atoms with E-state index < -0.39 is 39.1 Å². The van der Waals surface area contributed by atoms with E-state index in [-0.39, 0.29) is 16.9 Å². The molecule has 0 saturated heterocycles. The summed E-state index contributed by atoms with van der Waals surface area (Å²) >= 11 is 0. The molecule has 6 nitrogen and oxygen atoms in total. The number of esters is 1. The number of para-hydroxylation sites is 2. The fourth-order valence-corrected chi connectivity index (χ4v) is 3.44. The molecular formula is C18H14F4N2O4S. The zero-order valence-corrected chi connectivity index (χ0v) is 15.6. The molecule has 0 fully saturated rings. The number of imidazole rings is 1. The average Bonchev–Trinajstić information content (AvgIpc) is 3.08. The van der Waals surface area contributed by atoms with E-state index in [0.29, 0.717) is 10.1 Å². The van der Waals surface area contributed by atoms with Crippen molar-refractivity contribution in [1.29, 1.82) is 0 Å². The number of ether oxygens (including phenoxy) is 1. The highest BCUT2D eigenvalue weighted by atomic mass is 32.2. The fourth-order valence-electron chi connectivity index (χ4n) is 2.72. The summed E-state index contributed by atoms with van der Waals surface area (Å²) in [7, 11) is -4.80. The van der Waals surface area contributed by atoms with E-state index in [0.717, 1.165) is 24.3 Å². The van der Waals surface area contributed by atoms with Gasteiger partial charge in [-0.2, -0.15) is 17.6 Å². The van der Waals surface area contributed by atoms with Crippen LogP contribution >= 0.6 is 0 Å². The number of nitrogens with zero attached hydrogens (tertiary/aromatic N) is 2. The van der Waals surface area contributed by atoms with E-state index in [1.807, 2.05) is 0 Å². The zero-order valence-electron chi connectivity index (χ0n) is 14.8. The van der Waals surface area contributed by atoms with Gasteiger partial charge in [0.15, 0.2) is 11.9 Å². The molecule has 29 heavy (non-hydrogen) atoms. The highest BCUT2D eigenvalue weighted by Gasteiger charge is 2.27. The molecule has 1 unspecified atom stereocenters. The third kappa shape index (κ3) is 3.95. The van der Waals surface area contributed by atoms with E-state index in [2.05, 4.69) is 4.98 Å². The number of carbonyl (C=O) groups is 1. The molecule has 0 aliphatic heterocycles. The van der Waals surface area contributed by atoms with Crippen molar-refractivity contribution >= 4 is 26.8 Å². The third-order valence-corrected chi connectivity index (χ3v) is 5.52. The van der Waals surface area contributed by atoms with E-state index in [1.54, 1.807) is 12.1 Å². The Morgan fingerprint density at radius 2 is 1.66 bits per heavy atom. The van der Waals surface area contributed by atoms with Crippen molar-refractivity contribution in [3.63, 3.8) is 0 Å². The van der Waals surface area contributed by atoms with Crippen molar-refractivity contribution in [3.8, 4) is 0 Å². The van der Waals surface area contributed by atoms with Crippen molar-refractivity contribution in [2.75, 3.05) is 0 Å². The van der Waals surface area contributed by atoms with Crippen LogP contribution in [0.2, 0.25) is 0 Å². The minimum absolute atomic E-state index is 0.134. The van der Waals surface area contributed by atoms with Crippen LogP contribution in [0.25, 0.3) is 11.0 Å². The lowest BCUT2D eigenvalue weighted by atomic mass is 10.2. The van der Waals surface area contributed by atoms with Gasteiger partial charge in [0, 0.05) is 0 Å². The van der Waals surface area contributed by atoms with E-state index in [1.165, 1.54) is 19.1 Å². The van der Waals surface area contributed by atoms with Crippen LogP contribution in [0, 0.1) is 0 Å². The lowest BCUT2D eigenvalue weighted by Gasteiger charge is -2.15. The molecule has 0 radical (unpaired) electrons. The van der Waals surface area contributed by atoms with E-state index in [9.17, 15) is 30.8 Å². The van der Waals surface area contributed by atoms with Gasteiger partial charge in [-0.3, -0.25) is 4.57 Å². The number of alkyl halides is 4. The molecule has 0 amide bonds. The van der Waals surface area contributed by atoms with E-state index >= 15 is 0 Å². The van der Waals surface area contributed by atoms with Crippen molar-refractivity contribution in [1.82, 2.24) is 9.55 Å². The molecule has 0 aliphatic rings. The topological polar surface area (TPSA) is 78.3 Å². The maximum absolute atomic E-state index is 13.5. The molecule has 0 N–H and O–H groups in total. The molecule has 3 rings (SSSR count). The first kappa shape index (κ1) is 20.8. The Morgan fingerprint density at radius 3 is 2.24 bits per heavy atom. The second kappa shape index (κ2) is 7.82. The Hall–Kier alpha value is -2.95. The third-order valence-electron chi connectivity index (χ3n) is 4.12. The Morgan fingerprint density at radius 1 is 1.03 bits per heavy atom. The van der Waals surface area contributed by atoms with Gasteiger partial charge in [0.2, 0.25) is 9.84 Å². The van der Waals surface area contributed by atoms with Gasteiger partial charge in [-0.05, 0) is 43.3 Å². The molecule has 0 aliphatic carbocycles. The van der Waals surface area contributed by atoms with Gasteiger partial charge in [0.25, 0.3) is 0 Å². The summed E-state index contributed by atoms with van der Waals surface area (Å²) in [6, 6.07) is 9.87. The van der Waals surface area contributed by atoms with Crippen LogP contribution in [0.1, 0.15) is 35.8 Å². The number of fused-ring (bicyclic) bond motifs is 1. The first-order valence-electron chi connectivity index (χ1n) is 8.21. The molecule has 0 saturated carbocycles. The SMILES string of the molecule is CC(OC(=O)c1ccc(S(=O)(=O)C(F)F)cc1)c1nc2ccccc2n1C(F)F. The van der Waals surface area contributed by atoms with Crippen molar-refractivity contribution in [2.45, 2.75) is 30.2 Å². The maximum atomic E-state index is 13.5. The monoisotopic (exact) mass is 430 g/mol. The summed E-state index contributed by atoms with van der Waals surface area (Å²) in [5.41, 5.74) is 0.332. The van der Waals surface area contributed by atoms with Crippen LogP contribution < -0.4 is 0 Å². The highest BCUT2D eigenvalue weighted by Crippen LogP contribution is 2.28. The molecule has 0 spiro atoms. The first-order valence-corrected chi connectivity index (χ1v) is 9.75. The largest absolute Gasteiger partial charge is 0.451 e. The van der Waals surface area contributed by atoms with Crippen LogP contribution in [-0.2, 0) is 14.6 Å². The summed E-state index contributed by atoms with van der Waals surface area (Å²) in [5.74, 6) is -4.72. The quantitative estimate of drug-likeness (QED) is 0.429. The molecule has 1 aromatic heterocycles. The number of benzene rings is 2. The van der Waals surface area contributed by atoms with Crippen LogP contribution in [0.3, 0.4) is 0 Å². The first-order chi connectivity index (χ1) is 13.6. The Bertz CT molecular complexity index is 1140. The van der Waals surface area contributed by atoms with Crippen LogP contribution in [0.4, 0.5) is 17.6 Å². The van der Waals surface area contributed by atoms with Crippen LogP contribution in [-0.4, -0.2) is 29.7 Å². The number of hydrogen-bond donors (Lipinski definition) is 0. The lowest BCUT2D eigenvalue weighted by Crippen LogP contribution is -2.15. The minimum atomic E-state index is -4.80. The fraction of sp³-hybridized carbons (Fsp3) is 0.222. The average molecular weight is 430 g/mol. The number of halogens is 4. The Balaban J connectivity index is 1.85. The number of rotatable bonds is 6. The smallest absolute Gasteiger partial charge is 0.341 e. The van der Waals surface area contributed by atoms with Gasteiger partial charge in [0.1, 0.15) is 0 Å². The second-order valence-corrected chi connectivity index (χ2v) is 7.90. The van der Waals surface area contributed by atoms with Crippen LogP contribution in [0.15, 0.2) is 53.4 Å². The van der Waals surface area contributed by atoms with Gasteiger partial charge >= 0.3 is 18.3 Å². The van der Waals surface area contributed by atoms with Gasteiger partial charge < -0.3 is 4.74 Å². The summed E-state index contributed by atoms with van der Waals surface area (Å²) in [6.45, 7) is -1.56. The Labute approximate surface area is 162 Å². The number of sulfone groups is 1. The lowest BCUT2D eigenvalue weighted by molar-refractivity contribution is 0.0233. The molecule has 1 heterocycles. The number of hydrogen-bond acceptors (Lipinski definition) is 5. The zero-order chi connectivity index (χ0) is 21.3. The number of aromatic nitrogens is 2. The molecule has 1 atom stereocenters. The van der Waals surface area contributed by atoms with Gasteiger partial charge in [-0.25, -0.2) is 18.2 Å². The normalized spacial score (nSPS) is 13.2. The van der Waals surface area contributed by atoms with E-state index in [4.69, 9.17) is 4.74 Å². The predicted molar refractivity (Wildman–Crippen MR) is 94.4 cm³/mol. The number of carbonyl (C=O) groups excluding carboxylic acids is 1. The van der Waals surface area contributed by atoms with Crippen molar-refractivity contribution in [2.24, 2.45) is 0 Å². The molecule has 3 aromatic rings. The summed E-state index contributed by atoms with van der Waals surface area (Å²) < 4.78 is 80.7. The Kier molecular flexibility index (Phi) is 5.60. The highest BCUT2D eigenvalue weighted by molar-refractivity contribution is 7.91. The summed E-state index contributed by atoms with van der Waals surface area (Å²) in [4.78, 5) is 15.7. The van der Waals surface area contributed by atoms with Gasteiger partial charge in [-0.15, -0.1) is 0 Å². The maximum Gasteiger partial charge on any atom is 0.341 e. The molecule has 11 heteroatoms. The molecule has 154 valence electrons. The van der Waals surface area contributed by atoms with Crippen molar-refractivity contribution < 1.29 is 35.5 Å². The van der Waals surface area contributed by atoms with Crippen LogP contribution in [0.5, 0.6) is 0 Å². The summed E-state index contributed by atoms with van der Waals surface area (Å²) in [5, 5.41) is 0. The summed E-state index contributed by atoms with van der Waals surface area (Å²) in [6.07, 6.45) is -1.16. The molecule has 0 bridgehead atoms. The second-order valence-electron chi connectivity index (χ2n) is 5.98. The van der Waals surface area contributed by atoms with Gasteiger partial charge in [0.05, 0.1) is 21.5 Å². The molecular weight excluding hydrogens is 416 g/mol.